The highest BCUT2D eigenvalue weighted by Crippen LogP contribution is 2.61. The molecule has 4 saturated carbocycles. The largest absolute Gasteiger partial charge is 0.350 e. The molecular weight excluding hydrogens is 274 g/mol. The van der Waals surface area contributed by atoms with E-state index in [1.807, 2.05) is 16.9 Å². The summed E-state index contributed by atoms with van der Waals surface area (Å²) in [6, 6.07) is 1.99. The van der Waals surface area contributed by atoms with Gasteiger partial charge in [-0.15, -0.1) is 0 Å². The summed E-state index contributed by atoms with van der Waals surface area (Å²) in [5.74, 6) is 2.99. The molecule has 0 spiro atoms. The van der Waals surface area contributed by atoms with E-state index in [4.69, 9.17) is 0 Å². The summed E-state index contributed by atoms with van der Waals surface area (Å²) in [4.78, 5) is 12.5. The van der Waals surface area contributed by atoms with E-state index in [9.17, 15) is 4.79 Å². The molecule has 4 aliphatic carbocycles. The van der Waals surface area contributed by atoms with Crippen molar-refractivity contribution in [2.24, 2.45) is 23.2 Å². The van der Waals surface area contributed by atoms with Crippen molar-refractivity contribution < 1.29 is 4.79 Å². The lowest BCUT2D eigenvalue weighted by Crippen LogP contribution is -2.48. The predicted octanol–water partition coefficient (Wildman–Crippen LogP) is 3.13. The number of aromatic nitrogens is 2. The molecule has 1 N–H and O–H groups in total. The lowest BCUT2D eigenvalue weighted by Gasteiger charge is -2.56. The van der Waals surface area contributed by atoms with E-state index in [2.05, 4.69) is 17.3 Å². The molecule has 1 aromatic rings. The Morgan fingerprint density at radius 2 is 1.91 bits per heavy atom. The molecule has 4 bridgehead atoms. The second-order valence-corrected chi connectivity index (χ2v) is 8.01. The second kappa shape index (κ2) is 5.39. The minimum atomic E-state index is 0.241. The summed E-state index contributed by atoms with van der Waals surface area (Å²) < 4.78 is 1.95. The van der Waals surface area contributed by atoms with Crippen molar-refractivity contribution in [2.75, 3.05) is 0 Å². The van der Waals surface area contributed by atoms with Crippen molar-refractivity contribution in [1.82, 2.24) is 15.1 Å². The molecule has 1 heterocycles. The molecule has 22 heavy (non-hydrogen) atoms. The van der Waals surface area contributed by atoms with Crippen LogP contribution in [0.15, 0.2) is 12.3 Å². The molecule has 4 fully saturated rings. The van der Waals surface area contributed by atoms with Crippen LogP contribution in [-0.4, -0.2) is 15.7 Å². The van der Waals surface area contributed by atoms with Crippen LogP contribution in [0.4, 0.5) is 0 Å². The molecule has 4 aliphatic rings. The standard InChI is InChI=1S/C18H27N3O/c1-2-21-16(3-4-20-21)12-19-17(22)11-18-8-13-5-14(9-18)7-15(6-13)10-18/h3-4,13-15H,2,5-12H2,1H3,(H,19,22). The smallest absolute Gasteiger partial charge is 0.220 e. The van der Waals surface area contributed by atoms with Crippen molar-refractivity contribution in [3.63, 3.8) is 0 Å². The zero-order chi connectivity index (χ0) is 15.2. The van der Waals surface area contributed by atoms with Crippen LogP contribution in [0.2, 0.25) is 0 Å². The Kier molecular flexibility index (Phi) is 3.50. The molecule has 0 saturated heterocycles. The molecule has 1 amide bonds. The number of amides is 1. The predicted molar refractivity (Wildman–Crippen MR) is 85.0 cm³/mol. The minimum absolute atomic E-state index is 0.241. The van der Waals surface area contributed by atoms with Crippen LogP contribution in [-0.2, 0) is 17.9 Å². The first kappa shape index (κ1) is 14.3. The monoisotopic (exact) mass is 301 g/mol. The number of hydrogen-bond acceptors (Lipinski definition) is 2. The van der Waals surface area contributed by atoms with E-state index in [1.54, 1.807) is 0 Å². The summed E-state index contributed by atoms with van der Waals surface area (Å²) in [7, 11) is 0. The number of hydrogen-bond donors (Lipinski definition) is 1. The SMILES string of the molecule is CCn1nccc1CNC(=O)CC12CC3CC(CC(C3)C1)C2. The summed E-state index contributed by atoms with van der Waals surface area (Å²) in [5, 5.41) is 7.39. The highest BCUT2D eigenvalue weighted by molar-refractivity contribution is 5.76. The molecule has 1 aromatic heterocycles. The van der Waals surface area contributed by atoms with Gasteiger partial charge in [-0.1, -0.05) is 0 Å². The number of nitrogens with zero attached hydrogens (tertiary/aromatic N) is 2. The third-order valence-electron chi connectivity index (χ3n) is 6.27. The first-order valence-corrected chi connectivity index (χ1v) is 8.93. The second-order valence-electron chi connectivity index (χ2n) is 8.01. The third kappa shape index (κ3) is 2.57. The molecule has 0 unspecified atom stereocenters. The van der Waals surface area contributed by atoms with Crippen LogP contribution in [0.25, 0.3) is 0 Å². The first-order valence-electron chi connectivity index (χ1n) is 8.93. The molecular formula is C18H27N3O. The van der Waals surface area contributed by atoms with Gasteiger partial charge in [0.2, 0.25) is 5.91 Å². The zero-order valence-corrected chi connectivity index (χ0v) is 13.6. The quantitative estimate of drug-likeness (QED) is 0.908. The fourth-order valence-corrected chi connectivity index (χ4v) is 5.89. The van der Waals surface area contributed by atoms with Crippen molar-refractivity contribution in [3.05, 3.63) is 18.0 Å². The van der Waals surface area contributed by atoms with Crippen LogP contribution < -0.4 is 5.32 Å². The molecule has 4 nitrogen and oxygen atoms in total. The van der Waals surface area contributed by atoms with E-state index >= 15 is 0 Å². The van der Waals surface area contributed by atoms with Crippen LogP contribution in [0, 0.1) is 23.2 Å². The van der Waals surface area contributed by atoms with Gasteiger partial charge in [0.1, 0.15) is 0 Å². The normalized spacial score (nSPS) is 35.8. The van der Waals surface area contributed by atoms with Crippen molar-refractivity contribution in [3.8, 4) is 0 Å². The summed E-state index contributed by atoms with van der Waals surface area (Å²) in [6.07, 6.45) is 10.8. The van der Waals surface area contributed by atoms with Gasteiger partial charge < -0.3 is 5.32 Å². The fraction of sp³-hybridized carbons (Fsp3) is 0.778. The summed E-state index contributed by atoms with van der Waals surface area (Å²) >= 11 is 0. The van der Waals surface area contributed by atoms with Crippen molar-refractivity contribution in [1.29, 1.82) is 0 Å². The average molecular weight is 301 g/mol. The van der Waals surface area contributed by atoms with Gasteiger partial charge >= 0.3 is 0 Å². The van der Waals surface area contributed by atoms with Gasteiger partial charge in [-0.05, 0) is 74.7 Å². The summed E-state index contributed by atoms with van der Waals surface area (Å²) in [5.41, 5.74) is 1.44. The van der Waals surface area contributed by atoms with E-state index in [1.165, 1.54) is 38.5 Å². The van der Waals surface area contributed by atoms with Gasteiger partial charge in [0, 0.05) is 19.2 Å². The van der Waals surface area contributed by atoms with Crippen LogP contribution in [0.1, 0.15) is 57.6 Å². The van der Waals surface area contributed by atoms with Gasteiger partial charge in [-0.2, -0.15) is 5.10 Å². The van der Waals surface area contributed by atoms with Crippen LogP contribution in [0.3, 0.4) is 0 Å². The highest BCUT2D eigenvalue weighted by atomic mass is 16.1. The van der Waals surface area contributed by atoms with Gasteiger partial charge in [-0.25, -0.2) is 0 Å². The van der Waals surface area contributed by atoms with E-state index in [0.717, 1.165) is 36.4 Å². The number of rotatable bonds is 5. The summed E-state index contributed by atoms with van der Waals surface area (Å²) in [6.45, 7) is 3.54. The Balaban J connectivity index is 1.36. The van der Waals surface area contributed by atoms with Crippen LogP contribution in [0.5, 0.6) is 0 Å². The van der Waals surface area contributed by atoms with E-state index in [-0.39, 0.29) is 5.91 Å². The minimum Gasteiger partial charge on any atom is -0.350 e. The van der Waals surface area contributed by atoms with Gasteiger partial charge in [-0.3, -0.25) is 9.48 Å². The first-order chi connectivity index (χ1) is 10.7. The number of carbonyl (C=O) groups excluding carboxylic acids is 1. The number of aryl methyl sites for hydroxylation is 1. The average Bonchev–Trinajstić information content (AvgIpc) is 2.90. The molecule has 0 radical (unpaired) electrons. The van der Waals surface area contributed by atoms with Crippen molar-refractivity contribution >= 4 is 5.91 Å². The zero-order valence-electron chi connectivity index (χ0n) is 13.6. The molecule has 0 atom stereocenters. The molecule has 120 valence electrons. The Bertz CT molecular complexity index is 527. The highest BCUT2D eigenvalue weighted by Gasteiger charge is 2.51. The molecule has 0 aliphatic heterocycles. The Hall–Kier alpha value is -1.32. The maximum atomic E-state index is 12.5. The molecule has 5 rings (SSSR count). The Morgan fingerprint density at radius 3 is 2.50 bits per heavy atom. The molecule has 0 aromatic carbocycles. The number of nitrogens with one attached hydrogen (secondary N) is 1. The lowest BCUT2D eigenvalue weighted by molar-refractivity contribution is -0.129. The topological polar surface area (TPSA) is 46.9 Å². The van der Waals surface area contributed by atoms with Crippen molar-refractivity contribution in [2.45, 2.75) is 65.0 Å². The maximum absolute atomic E-state index is 12.5. The lowest BCUT2D eigenvalue weighted by atomic mass is 9.49. The third-order valence-corrected chi connectivity index (χ3v) is 6.27. The van der Waals surface area contributed by atoms with Crippen LogP contribution >= 0.6 is 0 Å². The maximum Gasteiger partial charge on any atom is 0.220 e. The Morgan fingerprint density at radius 1 is 1.27 bits per heavy atom. The van der Waals surface area contributed by atoms with Gasteiger partial charge in [0.05, 0.1) is 12.2 Å². The Labute approximate surface area is 132 Å². The van der Waals surface area contributed by atoms with E-state index < -0.39 is 0 Å². The molecule has 4 heteroatoms. The van der Waals surface area contributed by atoms with Gasteiger partial charge in [0.25, 0.3) is 0 Å². The fourth-order valence-electron chi connectivity index (χ4n) is 5.89. The number of carbonyl (C=O) groups is 1. The van der Waals surface area contributed by atoms with E-state index in [0.29, 0.717) is 12.0 Å². The van der Waals surface area contributed by atoms with Gasteiger partial charge in [0.15, 0.2) is 0 Å².